The molecule has 1 saturated heterocycles. The SMILES string of the molecule is Cl.O=[N+]([O-])c1cc(F)ccc1[C@@H]1CCCCN1. The lowest BCUT2D eigenvalue weighted by molar-refractivity contribution is -0.386. The highest BCUT2D eigenvalue weighted by molar-refractivity contribution is 5.85. The maximum absolute atomic E-state index is 12.9. The van der Waals surface area contributed by atoms with Gasteiger partial charge in [-0.25, -0.2) is 4.39 Å². The number of nitrogens with zero attached hydrogens (tertiary/aromatic N) is 1. The van der Waals surface area contributed by atoms with E-state index in [1.54, 1.807) is 0 Å². The zero-order valence-corrected chi connectivity index (χ0v) is 10.0. The van der Waals surface area contributed by atoms with Gasteiger partial charge in [-0.05, 0) is 31.5 Å². The molecule has 1 aromatic rings. The number of nitrogens with one attached hydrogen (secondary N) is 1. The fraction of sp³-hybridized carbons (Fsp3) is 0.455. The third-order valence-corrected chi connectivity index (χ3v) is 2.87. The van der Waals surface area contributed by atoms with Crippen molar-refractivity contribution in [2.45, 2.75) is 25.3 Å². The molecule has 0 unspecified atom stereocenters. The van der Waals surface area contributed by atoms with Gasteiger partial charge in [0.15, 0.2) is 0 Å². The maximum atomic E-state index is 12.9. The third kappa shape index (κ3) is 3.14. The molecule has 1 aliphatic heterocycles. The van der Waals surface area contributed by atoms with Crippen LogP contribution < -0.4 is 5.32 Å². The predicted octanol–water partition coefficient (Wildman–Crippen LogP) is 2.97. The molecule has 0 saturated carbocycles. The molecule has 1 aliphatic rings. The maximum Gasteiger partial charge on any atom is 0.277 e. The fourth-order valence-electron chi connectivity index (χ4n) is 2.09. The highest BCUT2D eigenvalue weighted by atomic mass is 35.5. The summed E-state index contributed by atoms with van der Waals surface area (Å²) in [6.45, 7) is 0.860. The van der Waals surface area contributed by atoms with Crippen molar-refractivity contribution in [2.24, 2.45) is 0 Å². The van der Waals surface area contributed by atoms with E-state index in [0.29, 0.717) is 5.56 Å². The molecule has 1 fully saturated rings. The molecule has 0 radical (unpaired) electrons. The number of hydrogen-bond acceptors (Lipinski definition) is 3. The molecule has 94 valence electrons. The van der Waals surface area contributed by atoms with Crippen molar-refractivity contribution >= 4 is 18.1 Å². The third-order valence-electron chi connectivity index (χ3n) is 2.87. The van der Waals surface area contributed by atoms with E-state index in [1.807, 2.05) is 0 Å². The summed E-state index contributed by atoms with van der Waals surface area (Å²) in [5.41, 5.74) is 0.463. The van der Waals surface area contributed by atoms with Crippen LogP contribution in [0.25, 0.3) is 0 Å². The van der Waals surface area contributed by atoms with E-state index in [4.69, 9.17) is 0 Å². The molecule has 1 aromatic carbocycles. The van der Waals surface area contributed by atoms with Gasteiger partial charge >= 0.3 is 0 Å². The van der Waals surface area contributed by atoms with Crippen LogP contribution in [0.4, 0.5) is 10.1 Å². The van der Waals surface area contributed by atoms with Gasteiger partial charge in [-0.2, -0.15) is 0 Å². The summed E-state index contributed by atoms with van der Waals surface area (Å²) in [7, 11) is 0. The average Bonchev–Trinajstić information content (AvgIpc) is 2.30. The average molecular weight is 261 g/mol. The minimum Gasteiger partial charge on any atom is -0.310 e. The summed E-state index contributed by atoms with van der Waals surface area (Å²) < 4.78 is 12.9. The zero-order chi connectivity index (χ0) is 11.5. The standard InChI is InChI=1S/C11H13FN2O2.ClH/c12-8-4-5-9(11(7-8)14(15)16)10-3-1-2-6-13-10;/h4-5,7,10,13H,1-3,6H2;1H/t10-;/m0./s1. The Morgan fingerprint density at radius 1 is 1.41 bits per heavy atom. The Hall–Kier alpha value is -1.20. The van der Waals surface area contributed by atoms with Gasteiger partial charge < -0.3 is 5.32 Å². The number of nitro groups is 1. The van der Waals surface area contributed by atoms with Gasteiger partial charge in [0.2, 0.25) is 0 Å². The second-order valence-electron chi connectivity index (χ2n) is 3.96. The van der Waals surface area contributed by atoms with Crippen LogP contribution in [-0.4, -0.2) is 11.5 Å². The Morgan fingerprint density at radius 3 is 2.76 bits per heavy atom. The smallest absolute Gasteiger partial charge is 0.277 e. The molecule has 0 amide bonds. The van der Waals surface area contributed by atoms with Gasteiger partial charge in [0.25, 0.3) is 5.69 Å². The molecule has 0 aliphatic carbocycles. The summed E-state index contributed by atoms with van der Waals surface area (Å²) in [4.78, 5) is 10.3. The van der Waals surface area contributed by atoms with E-state index in [0.717, 1.165) is 31.9 Å². The highest BCUT2D eigenvalue weighted by Crippen LogP contribution is 2.30. The summed E-state index contributed by atoms with van der Waals surface area (Å²) in [5, 5.41) is 14.1. The summed E-state index contributed by atoms with van der Waals surface area (Å²) >= 11 is 0. The van der Waals surface area contributed by atoms with Gasteiger partial charge in [0.1, 0.15) is 5.82 Å². The second kappa shape index (κ2) is 5.93. The topological polar surface area (TPSA) is 55.2 Å². The normalized spacial score (nSPS) is 19.5. The van der Waals surface area contributed by atoms with Crippen molar-refractivity contribution in [3.63, 3.8) is 0 Å². The molecule has 4 nitrogen and oxygen atoms in total. The molecule has 1 atom stereocenters. The molecule has 1 heterocycles. The predicted molar refractivity (Wildman–Crippen MR) is 64.9 cm³/mol. The Kier molecular flexibility index (Phi) is 4.84. The van der Waals surface area contributed by atoms with Crippen LogP contribution in [-0.2, 0) is 0 Å². The lowest BCUT2D eigenvalue weighted by atomic mass is 9.96. The van der Waals surface area contributed by atoms with Gasteiger partial charge in [0.05, 0.1) is 11.0 Å². The van der Waals surface area contributed by atoms with E-state index in [1.165, 1.54) is 12.1 Å². The molecule has 6 heteroatoms. The molecule has 0 spiro atoms. The number of hydrogen-bond donors (Lipinski definition) is 1. The van der Waals surface area contributed by atoms with Crippen molar-refractivity contribution in [1.29, 1.82) is 0 Å². The van der Waals surface area contributed by atoms with Crippen LogP contribution in [0, 0.1) is 15.9 Å². The van der Waals surface area contributed by atoms with Gasteiger partial charge in [0, 0.05) is 11.6 Å². The van der Waals surface area contributed by atoms with Crippen LogP contribution in [0.5, 0.6) is 0 Å². The van der Waals surface area contributed by atoms with E-state index >= 15 is 0 Å². The Labute approximate surface area is 105 Å². The minimum atomic E-state index is -0.564. The lowest BCUT2D eigenvalue weighted by Gasteiger charge is -2.23. The molecule has 17 heavy (non-hydrogen) atoms. The molecule has 2 rings (SSSR count). The number of benzene rings is 1. The van der Waals surface area contributed by atoms with Crippen molar-refractivity contribution in [1.82, 2.24) is 5.32 Å². The van der Waals surface area contributed by atoms with Gasteiger partial charge in [-0.3, -0.25) is 10.1 Å². The van der Waals surface area contributed by atoms with Gasteiger partial charge in [-0.15, -0.1) is 12.4 Å². The van der Waals surface area contributed by atoms with Gasteiger partial charge in [-0.1, -0.05) is 6.42 Å². The van der Waals surface area contributed by atoms with Crippen molar-refractivity contribution in [3.8, 4) is 0 Å². The monoisotopic (exact) mass is 260 g/mol. The van der Waals surface area contributed by atoms with Crippen molar-refractivity contribution in [3.05, 3.63) is 39.7 Å². The largest absolute Gasteiger partial charge is 0.310 e. The molecule has 1 N–H and O–H groups in total. The van der Waals surface area contributed by atoms with E-state index in [9.17, 15) is 14.5 Å². The number of rotatable bonds is 2. The minimum absolute atomic E-state index is 0. The number of halogens is 2. The highest BCUT2D eigenvalue weighted by Gasteiger charge is 2.23. The number of nitro benzene ring substituents is 1. The first-order valence-corrected chi connectivity index (χ1v) is 5.35. The lowest BCUT2D eigenvalue weighted by Crippen LogP contribution is -2.27. The Morgan fingerprint density at radius 2 is 2.18 bits per heavy atom. The van der Waals surface area contributed by atoms with Crippen LogP contribution in [0.1, 0.15) is 30.9 Å². The van der Waals surface area contributed by atoms with E-state index in [-0.39, 0.29) is 24.1 Å². The Balaban J connectivity index is 0.00000144. The molecule has 0 bridgehead atoms. The fourth-order valence-corrected chi connectivity index (χ4v) is 2.09. The quantitative estimate of drug-likeness (QED) is 0.657. The van der Waals surface area contributed by atoms with Crippen molar-refractivity contribution in [2.75, 3.05) is 6.54 Å². The van der Waals surface area contributed by atoms with Crippen molar-refractivity contribution < 1.29 is 9.31 Å². The Bertz CT molecular complexity index is 408. The summed E-state index contributed by atoms with van der Waals surface area (Å²) in [6, 6.07) is 3.76. The second-order valence-corrected chi connectivity index (χ2v) is 3.96. The summed E-state index contributed by atoms with van der Waals surface area (Å²) in [5.74, 6) is -0.564. The summed E-state index contributed by atoms with van der Waals surface area (Å²) in [6.07, 6.45) is 3.00. The first-order chi connectivity index (χ1) is 7.68. The molecular weight excluding hydrogens is 247 g/mol. The first-order valence-electron chi connectivity index (χ1n) is 5.35. The van der Waals surface area contributed by atoms with Crippen LogP contribution in [0.15, 0.2) is 18.2 Å². The van der Waals surface area contributed by atoms with Crippen LogP contribution in [0.2, 0.25) is 0 Å². The van der Waals surface area contributed by atoms with Crippen LogP contribution >= 0.6 is 12.4 Å². The molecular formula is C11H14ClFN2O2. The molecule has 0 aromatic heterocycles. The first kappa shape index (κ1) is 13.9. The van der Waals surface area contributed by atoms with E-state index in [2.05, 4.69) is 5.32 Å². The van der Waals surface area contributed by atoms with E-state index < -0.39 is 10.7 Å². The zero-order valence-electron chi connectivity index (χ0n) is 9.19. The number of piperidine rings is 1. The van der Waals surface area contributed by atoms with Crippen LogP contribution in [0.3, 0.4) is 0 Å².